The zero-order valence-electron chi connectivity index (χ0n) is 13.2. The molecule has 1 aromatic heterocycles. The Bertz CT molecular complexity index is 680. The van der Waals surface area contributed by atoms with Crippen molar-refractivity contribution in [2.75, 3.05) is 0 Å². The number of nitrogens with one attached hydrogen (secondary N) is 1. The fraction of sp³-hybridized carbons (Fsp3) is 0.692. The second kappa shape index (κ2) is 5.10. The van der Waals surface area contributed by atoms with Crippen LogP contribution < -0.4 is 5.32 Å². The smallest absolute Gasteiger partial charge is 0.247 e. The van der Waals surface area contributed by atoms with Crippen LogP contribution in [0.2, 0.25) is 0 Å². The first-order valence-electron chi connectivity index (χ1n) is 6.93. The largest absolute Gasteiger partial charge is 0.351 e. The molecule has 1 amide bonds. The van der Waals surface area contributed by atoms with E-state index in [-0.39, 0.29) is 22.9 Å². The van der Waals surface area contributed by atoms with Crippen LogP contribution >= 0.6 is 0 Å². The number of sulfonamides is 1. The minimum atomic E-state index is -3.78. The van der Waals surface area contributed by atoms with Crippen LogP contribution in [0.15, 0.2) is 4.90 Å². The average molecular weight is 314 g/mol. The minimum absolute atomic E-state index is 0.200. The number of hydrogen-bond donors (Lipinski definition) is 1. The molecule has 1 saturated heterocycles. The second-order valence-corrected chi connectivity index (χ2v) is 7.45. The number of nitrogens with zero attached hydrogens (tertiary/aromatic N) is 3. The lowest BCUT2D eigenvalue weighted by molar-refractivity contribution is -0.128. The molecule has 1 aliphatic heterocycles. The first-order valence-corrected chi connectivity index (χ1v) is 8.37. The third-order valence-corrected chi connectivity index (χ3v) is 6.54. The number of rotatable bonds is 2. The molecule has 0 aromatic carbocycles. The standard InChI is InChI=1S/C13H22N4O3S/c1-7-9(3)17(11(5)13(18)14-7)21(19,20)12-8(2)15-16(6)10(12)4/h7,9,11H,1-6H3,(H,14,18). The first kappa shape index (κ1) is 16.0. The van der Waals surface area contributed by atoms with Crippen molar-refractivity contribution in [3.63, 3.8) is 0 Å². The SMILES string of the molecule is Cc1nn(C)c(C)c1S(=O)(=O)N1C(C)C(=O)NC(C)C1C. The number of aromatic nitrogens is 2. The van der Waals surface area contributed by atoms with Crippen LogP contribution in [0.3, 0.4) is 0 Å². The fourth-order valence-electron chi connectivity index (χ4n) is 2.81. The van der Waals surface area contributed by atoms with Crippen LogP contribution in [-0.2, 0) is 21.9 Å². The highest BCUT2D eigenvalue weighted by Crippen LogP contribution is 2.29. The lowest BCUT2D eigenvalue weighted by Crippen LogP contribution is -2.64. The molecule has 3 unspecified atom stereocenters. The van der Waals surface area contributed by atoms with Gasteiger partial charge in [0.05, 0.1) is 11.4 Å². The zero-order valence-corrected chi connectivity index (χ0v) is 14.0. The highest BCUT2D eigenvalue weighted by atomic mass is 32.2. The minimum Gasteiger partial charge on any atom is -0.351 e. The van der Waals surface area contributed by atoms with Crippen molar-refractivity contribution in [2.24, 2.45) is 7.05 Å². The van der Waals surface area contributed by atoms with E-state index in [1.807, 2.05) is 0 Å². The zero-order chi connectivity index (χ0) is 16.1. The Labute approximate surface area is 125 Å². The van der Waals surface area contributed by atoms with Gasteiger partial charge in [-0.25, -0.2) is 8.42 Å². The molecule has 1 aliphatic rings. The maximum Gasteiger partial charge on any atom is 0.247 e. The Balaban J connectivity index is 2.59. The van der Waals surface area contributed by atoms with Gasteiger partial charge in [0.25, 0.3) is 0 Å². The molecule has 21 heavy (non-hydrogen) atoms. The van der Waals surface area contributed by atoms with Crippen LogP contribution in [0.5, 0.6) is 0 Å². The van der Waals surface area contributed by atoms with Crippen molar-refractivity contribution in [1.29, 1.82) is 0 Å². The highest BCUT2D eigenvalue weighted by Gasteiger charge is 2.44. The summed E-state index contributed by atoms with van der Waals surface area (Å²) in [7, 11) is -2.07. The Hall–Kier alpha value is -1.41. The van der Waals surface area contributed by atoms with E-state index in [2.05, 4.69) is 10.4 Å². The van der Waals surface area contributed by atoms with Gasteiger partial charge in [-0.2, -0.15) is 9.40 Å². The first-order chi connectivity index (χ1) is 9.59. The number of carbonyl (C=O) groups is 1. The molecular weight excluding hydrogens is 292 g/mol. The molecule has 3 atom stereocenters. The summed E-state index contributed by atoms with van der Waals surface area (Å²) in [6, 6.07) is -1.29. The van der Waals surface area contributed by atoms with Crippen molar-refractivity contribution in [1.82, 2.24) is 19.4 Å². The lowest BCUT2D eigenvalue weighted by Gasteiger charge is -2.41. The third-order valence-electron chi connectivity index (χ3n) is 4.23. The van der Waals surface area contributed by atoms with Crippen LogP contribution in [0.1, 0.15) is 32.2 Å². The van der Waals surface area contributed by atoms with Gasteiger partial charge in [0.15, 0.2) is 0 Å². The van der Waals surface area contributed by atoms with Crippen LogP contribution in [-0.4, -0.2) is 46.5 Å². The summed E-state index contributed by atoms with van der Waals surface area (Å²) >= 11 is 0. The number of amides is 1. The predicted molar refractivity (Wildman–Crippen MR) is 78.2 cm³/mol. The normalized spacial score (nSPS) is 27.7. The van der Waals surface area contributed by atoms with Crippen molar-refractivity contribution in [3.8, 4) is 0 Å². The van der Waals surface area contributed by atoms with E-state index in [9.17, 15) is 13.2 Å². The molecule has 118 valence electrons. The Morgan fingerprint density at radius 1 is 1.19 bits per heavy atom. The monoisotopic (exact) mass is 314 g/mol. The summed E-state index contributed by atoms with van der Waals surface area (Å²) in [5.74, 6) is -0.275. The summed E-state index contributed by atoms with van der Waals surface area (Å²) in [6.07, 6.45) is 0. The number of carbonyl (C=O) groups excluding carboxylic acids is 1. The molecule has 0 aliphatic carbocycles. The van der Waals surface area contributed by atoms with Crippen LogP contribution in [0.4, 0.5) is 0 Å². The Morgan fingerprint density at radius 3 is 2.24 bits per heavy atom. The van der Waals surface area contributed by atoms with Gasteiger partial charge in [-0.15, -0.1) is 0 Å². The van der Waals surface area contributed by atoms with Crippen LogP contribution in [0, 0.1) is 13.8 Å². The molecule has 2 heterocycles. The highest BCUT2D eigenvalue weighted by molar-refractivity contribution is 7.89. The van der Waals surface area contributed by atoms with Gasteiger partial charge in [0.2, 0.25) is 15.9 Å². The molecule has 0 bridgehead atoms. The molecule has 1 N–H and O–H groups in total. The van der Waals surface area contributed by atoms with E-state index in [1.165, 1.54) is 4.31 Å². The second-order valence-electron chi connectivity index (χ2n) is 5.67. The molecule has 0 spiro atoms. The van der Waals surface area contributed by atoms with E-state index >= 15 is 0 Å². The van der Waals surface area contributed by atoms with Crippen molar-refractivity contribution >= 4 is 15.9 Å². The van der Waals surface area contributed by atoms with E-state index in [0.717, 1.165) is 0 Å². The van der Waals surface area contributed by atoms with Gasteiger partial charge < -0.3 is 5.32 Å². The summed E-state index contributed by atoms with van der Waals surface area (Å²) in [4.78, 5) is 12.2. The van der Waals surface area contributed by atoms with Crippen molar-refractivity contribution in [3.05, 3.63) is 11.4 Å². The van der Waals surface area contributed by atoms with Gasteiger partial charge in [-0.3, -0.25) is 9.48 Å². The van der Waals surface area contributed by atoms with E-state index in [0.29, 0.717) is 11.4 Å². The van der Waals surface area contributed by atoms with Gasteiger partial charge in [0.1, 0.15) is 10.9 Å². The number of hydrogen-bond acceptors (Lipinski definition) is 4. The number of piperazine rings is 1. The average Bonchev–Trinajstić information content (AvgIpc) is 2.61. The quantitative estimate of drug-likeness (QED) is 0.852. The van der Waals surface area contributed by atoms with Crippen LogP contribution in [0.25, 0.3) is 0 Å². The molecule has 7 nitrogen and oxygen atoms in total. The molecule has 0 saturated carbocycles. The Morgan fingerprint density at radius 2 is 1.76 bits per heavy atom. The van der Waals surface area contributed by atoms with Gasteiger partial charge >= 0.3 is 0 Å². The summed E-state index contributed by atoms with van der Waals surface area (Å²) in [5.41, 5.74) is 1.03. The van der Waals surface area contributed by atoms with Gasteiger partial charge in [-0.05, 0) is 34.6 Å². The maximum absolute atomic E-state index is 13.0. The van der Waals surface area contributed by atoms with Crippen molar-refractivity contribution < 1.29 is 13.2 Å². The topological polar surface area (TPSA) is 84.3 Å². The summed E-state index contributed by atoms with van der Waals surface area (Å²) in [5, 5.41) is 6.97. The maximum atomic E-state index is 13.0. The summed E-state index contributed by atoms with van der Waals surface area (Å²) < 4.78 is 28.9. The third kappa shape index (κ3) is 2.36. The molecule has 1 aromatic rings. The Kier molecular flexibility index (Phi) is 3.88. The molecule has 8 heteroatoms. The van der Waals surface area contributed by atoms with Gasteiger partial charge in [0, 0.05) is 19.1 Å². The van der Waals surface area contributed by atoms with E-state index in [1.54, 1.807) is 46.3 Å². The van der Waals surface area contributed by atoms with Crippen molar-refractivity contribution in [2.45, 2.75) is 57.6 Å². The molecular formula is C13H22N4O3S. The van der Waals surface area contributed by atoms with E-state index in [4.69, 9.17) is 0 Å². The van der Waals surface area contributed by atoms with E-state index < -0.39 is 16.1 Å². The predicted octanol–water partition coefficient (Wildman–Crippen LogP) is 0.323. The molecule has 2 rings (SSSR count). The summed E-state index contributed by atoms with van der Waals surface area (Å²) in [6.45, 7) is 8.60. The molecule has 1 fully saturated rings. The fourth-order valence-corrected chi connectivity index (χ4v) is 5.08. The van der Waals surface area contributed by atoms with Gasteiger partial charge in [-0.1, -0.05) is 0 Å². The lowest BCUT2D eigenvalue weighted by atomic mass is 10.1. The molecule has 0 radical (unpaired) electrons. The number of aryl methyl sites for hydroxylation is 2.